The molecule has 4 rings (SSSR count). The summed E-state index contributed by atoms with van der Waals surface area (Å²) >= 11 is 3.47. The molecule has 0 aromatic carbocycles. The Balaban J connectivity index is 1.43. The quantitative estimate of drug-likeness (QED) is 0.657. The van der Waals surface area contributed by atoms with E-state index in [4.69, 9.17) is 0 Å². The standard InChI is InChI=1S/C18H20BrN7/c1-13-11-15(19)12-20-18(13)25-9-7-24(8-10-25)16-3-4-17(22-21-16)26-6-5-14(2)23-26/h3-6,11-12H,7-10H2,1-2H3. The Morgan fingerprint density at radius 2 is 1.62 bits per heavy atom. The van der Waals surface area contributed by atoms with Gasteiger partial charge in [0.2, 0.25) is 0 Å². The summed E-state index contributed by atoms with van der Waals surface area (Å²) in [6.07, 6.45) is 3.75. The topological polar surface area (TPSA) is 63.0 Å². The van der Waals surface area contributed by atoms with Gasteiger partial charge in [0.25, 0.3) is 0 Å². The average Bonchev–Trinajstić information content (AvgIpc) is 3.09. The van der Waals surface area contributed by atoms with Crippen molar-refractivity contribution in [2.75, 3.05) is 36.0 Å². The fourth-order valence-corrected chi connectivity index (χ4v) is 3.61. The van der Waals surface area contributed by atoms with Gasteiger partial charge in [0.1, 0.15) is 5.82 Å². The smallest absolute Gasteiger partial charge is 0.175 e. The van der Waals surface area contributed by atoms with Gasteiger partial charge in [-0.1, -0.05) is 0 Å². The molecule has 0 unspecified atom stereocenters. The molecule has 7 nitrogen and oxygen atoms in total. The van der Waals surface area contributed by atoms with Gasteiger partial charge >= 0.3 is 0 Å². The number of aromatic nitrogens is 5. The van der Waals surface area contributed by atoms with Crippen LogP contribution in [-0.2, 0) is 0 Å². The van der Waals surface area contributed by atoms with E-state index in [0.29, 0.717) is 0 Å². The van der Waals surface area contributed by atoms with Crippen LogP contribution in [0.3, 0.4) is 0 Å². The lowest BCUT2D eigenvalue weighted by molar-refractivity contribution is 0.635. The molecule has 0 saturated carbocycles. The van der Waals surface area contributed by atoms with Gasteiger partial charge in [-0.25, -0.2) is 9.67 Å². The van der Waals surface area contributed by atoms with E-state index in [0.717, 1.165) is 53.8 Å². The van der Waals surface area contributed by atoms with E-state index in [1.165, 1.54) is 5.56 Å². The fraction of sp³-hybridized carbons (Fsp3) is 0.333. The van der Waals surface area contributed by atoms with E-state index in [2.05, 4.69) is 59.0 Å². The zero-order chi connectivity index (χ0) is 18.1. The number of hydrogen-bond donors (Lipinski definition) is 0. The molecular weight excluding hydrogens is 394 g/mol. The molecule has 3 aromatic rings. The molecule has 8 heteroatoms. The summed E-state index contributed by atoms with van der Waals surface area (Å²) in [5.41, 5.74) is 2.15. The molecule has 0 spiro atoms. The SMILES string of the molecule is Cc1ccn(-c2ccc(N3CCN(c4ncc(Br)cc4C)CC3)nn2)n1. The maximum Gasteiger partial charge on any atom is 0.175 e. The lowest BCUT2D eigenvalue weighted by atomic mass is 10.2. The summed E-state index contributed by atoms with van der Waals surface area (Å²) < 4.78 is 2.76. The van der Waals surface area contributed by atoms with Crippen molar-refractivity contribution in [3.63, 3.8) is 0 Å². The van der Waals surface area contributed by atoms with Crippen LogP contribution in [0.15, 0.2) is 41.1 Å². The Kier molecular flexibility index (Phi) is 4.58. The highest BCUT2D eigenvalue weighted by Gasteiger charge is 2.20. The van der Waals surface area contributed by atoms with Crippen LogP contribution in [0, 0.1) is 13.8 Å². The summed E-state index contributed by atoms with van der Waals surface area (Å²) in [5, 5.41) is 13.1. The first kappa shape index (κ1) is 17.0. The predicted molar refractivity (Wildman–Crippen MR) is 105 cm³/mol. The molecular formula is C18H20BrN7. The van der Waals surface area contributed by atoms with Gasteiger partial charge in [0.15, 0.2) is 11.6 Å². The van der Waals surface area contributed by atoms with Crippen molar-refractivity contribution in [3.8, 4) is 5.82 Å². The van der Waals surface area contributed by atoms with Gasteiger partial charge in [0, 0.05) is 43.0 Å². The molecule has 0 amide bonds. The van der Waals surface area contributed by atoms with Crippen LogP contribution < -0.4 is 9.80 Å². The van der Waals surface area contributed by atoms with Crippen LogP contribution in [0.4, 0.5) is 11.6 Å². The second-order valence-electron chi connectivity index (χ2n) is 6.42. The molecule has 4 heterocycles. The van der Waals surface area contributed by atoms with Crippen molar-refractivity contribution in [3.05, 3.63) is 52.4 Å². The summed E-state index contributed by atoms with van der Waals surface area (Å²) in [6.45, 7) is 7.67. The summed E-state index contributed by atoms with van der Waals surface area (Å²) in [4.78, 5) is 9.15. The van der Waals surface area contributed by atoms with E-state index in [1.807, 2.05) is 37.5 Å². The molecule has 26 heavy (non-hydrogen) atoms. The van der Waals surface area contributed by atoms with Crippen molar-refractivity contribution in [1.29, 1.82) is 0 Å². The number of anilines is 2. The summed E-state index contributed by atoms with van der Waals surface area (Å²) in [7, 11) is 0. The second-order valence-corrected chi connectivity index (χ2v) is 7.34. The molecule has 1 aliphatic heterocycles. The minimum absolute atomic E-state index is 0.732. The monoisotopic (exact) mass is 413 g/mol. The molecule has 0 bridgehead atoms. The lowest BCUT2D eigenvalue weighted by Crippen LogP contribution is -2.47. The van der Waals surface area contributed by atoms with E-state index >= 15 is 0 Å². The number of piperazine rings is 1. The summed E-state index contributed by atoms with van der Waals surface area (Å²) in [6, 6.07) is 8.03. The van der Waals surface area contributed by atoms with E-state index in [9.17, 15) is 0 Å². The van der Waals surface area contributed by atoms with Crippen LogP contribution in [0.5, 0.6) is 0 Å². The van der Waals surface area contributed by atoms with Crippen LogP contribution in [0.1, 0.15) is 11.3 Å². The van der Waals surface area contributed by atoms with Crippen molar-refractivity contribution in [1.82, 2.24) is 25.0 Å². The van der Waals surface area contributed by atoms with Gasteiger partial charge in [-0.2, -0.15) is 5.10 Å². The summed E-state index contributed by atoms with van der Waals surface area (Å²) in [5.74, 6) is 2.69. The number of nitrogens with zero attached hydrogens (tertiary/aromatic N) is 7. The first-order valence-corrected chi connectivity index (χ1v) is 9.38. The van der Waals surface area contributed by atoms with Gasteiger partial charge in [0.05, 0.1) is 5.69 Å². The van der Waals surface area contributed by atoms with E-state index in [-0.39, 0.29) is 0 Å². The van der Waals surface area contributed by atoms with Crippen molar-refractivity contribution < 1.29 is 0 Å². The van der Waals surface area contributed by atoms with E-state index < -0.39 is 0 Å². The fourth-order valence-electron chi connectivity index (χ4n) is 3.16. The minimum atomic E-state index is 0.732. The van der Waals surface area contributed by atoms with Crippen molar-refractivity contribution >= 4 is 27.6 Å². The largest absolute Gasteiger partial charge is 0.353 e. The predicted octanol–water partition coefficient (Wildman–Crippen LogP) is 2.76. The maximum absolute atomic E-state index is 4.57. The molecule has 1 saturated heterocycles. The highest BCUT2D eigenvalue weighted by atomic mass is 79.9. The molecule has 0 atom stereocenters. The van der Waals surface area contributed by atoms with Crippen molar-refractivity contribution in [2.45, 2.75) is 13.8 Å². The van der Waals surface area contributed by atoms with Gasteiger partial charge in [-0.05, 0) is 59.6 Å². The van der Waals surface area contributed by atoms with E-state index in [1.54, 1.807) is 4.68 Å². The highest BCUT2D eigenvalue weighted by Crippen LogP contribution is 2.23. The number of halogens is 1. The molecule has 0 aliphatic carbocycles. The van der Waals surface area contributed by atoms with Gasteiger partial charge in [-0.15, -0.1) is 10.2 Å². The molecule has 1 fully saturated rings. The molecule has 3 aromatic heterocycles. The number of hydrogen-bond acceptors (Lipinski definition) is 6. The zero-order valence-electron chi connectivity index (χ0n) is 14.8. The second kappa shape index (κ2) is 7.03. The third-order valence-electron chi connectivity index (χ3n) is 4.51. The van der Waals surface area contributed by atoms with Crippen LogP contribution in [0.25, 0.3) is 5.82 Å². The number of pyridine rings is 1. The van der Waals surface area contributed by atoms with Crippen molar-refractivity contribution in [2.24, 2.45) is 0 Å². The van der Waals surface area contributed by atoms with Gasteiger partial charge in [-0.3, -0.25) is 0 Å². The molecule has 0 radical (unpaired) electrons. The number of aryl methyl sites for hydroxylation is 2. The first-order chi connectivity index (χ1) is 12.6. The van der Waals surface area contributed by atoms with Gasteiger partial charge < -0.3 is 9.80 Å². The lowest BCUT2D eigenvalue weighted by Gasteiger charge is -2.36. The Morgan fingerprint density at radius 1 is 0.923 bits per heavy atom. The molecule has 134 valence electrons. The average molecular weight is 414 g/mol. The van der Waals surface area contributed by atoms with Crippen LogP contribution >= 0.6 is 15.9 Å². The zero-order valence-corrected chi connectivity index (χ0v) is 16.4. The Bertz CT molecular complexity index is 898. The normalized spacial score (nSPS) is 14.7. The third-order valence-corrected chi connectivity index (χ3v) is 4.95. The number of rotatable bonds is 3. The highest BCUT2D eigenvalue weighted by molar-refractivity contribution is 9.10. The third kappa shape index (κ3) is 3.41. The molecule has 0 N–H and O–H groups in total. The Labute approximate surface area is 160 Å². The molecule has 1 aliphatic rings. The minimum Gasteiger partial charge on any atom is -0.353 e. The van der Waals surface area contributed by atoms with Crippen LogP contribution in [-0.4, -0.2) is 51.1 Å². The maximum atomic E-state index is 4.57. The van der Waals surface area contributed by atoms with Crippen LogP contribution in [0.2, 0.25) is 0 Å². The first-order valence-electron chi connectivity index (χ1n) is 8.58. The Hall–Kier alpha value is -2.48. The Morgan fingerprint density at radius 3 is 2.23 bits per heavy atom.